The smallest absolute Gasteiger partial charge is 0.298 e. The van der Waals surface area contributed by atoms with E-state index in [-0.39, 0.29) is 23.6 Å². The Hall–Kier alpha value is -3.38. The lowest BCUT2D eigenvalue weighted by molar-refractivity contribution is -0.113. The summed E-state index contributed by atoms with van der Waals surface area (Å²) in [6, 6.07) is 22.3. The topological polar surface area (TPSA) is 46.6 Å². The lowest BCUT2D eigenvalue weighted by Gasteiger charge is -2.11. The molecule has 0 aromatic heterocycles. The summed E-state index contributed by atoms with van der Waals surface area (Å²) < 4.78 is 19.4. The molecular weight excluding hydrogens is 389 g/mol. The van der Waals surface area contributed by atoms with Crippen LogP contribution in [0.1, 0.15) is 11.1 Å². The summed E-state index contributed by atoms with van der Waals surface area (Å²) in [6.07, 6.45) is 1.66. The molecule has 0 unspecified atom stereocenters. The van der Waals surface area contributed by atoms with Gasteiger partial charge in [0, 0.05) is 5.56 Å². The lowest BCUT2D eigenvalue weighted by atomic mass is 10.2. The molecule has 4 nitrogen and oxygen atoms in total. The van der Waals surface area contributed by atoms with E-state index in [0.29, 0.717) is 21.9 Å². The van der Waals surface area contributed by atoms with Crippen LogP contribution in [0.5, 0.6) is 5.75 Å². The van der Waals surface area contributed by atoms with Crippen molar-refractivity contribution in [3.8, 4) is 5.75 Å². The van der Waals surface area contributed by atoms with Crippen molar-refractivity contribution in [2.24, 2.45) is 0 Å². The van der Waals surface area contributed by atoms with Crippen molar-refractivity contribution < 1.29 is 18.7 Å². The number of nitrogens with zero attached hydrogens (tertiary/aromatic N) is 1. The Balaban J connectivity index is 1.51. The van der Waals surface area contributed by atoms with E-state index in [9.17, 15) is 14.0 Å². The molecule has 1 heterocycles. The molecule has 0 N–H and O–H groups in total. The van der Waals surface area contributed by atoms with Gasteiger partial charge in [-0.3, -0.25) is 9.59 Å². The van der Waals surface area contributed by atoms with Crippen molar-refractivity contribution in [3.63, 3.8) is 0 Å². The number of hydrogen-bond donors (Lipinski definition) is 0. The zero-order valence-electron chi connectivity index (χ0n) is 15.2. The molecule has 0 spiro atoms. The molecule has 0 atom stereocenters. The van der Waals surface area contributed by atoms with Gasteiger partial charge in [-0.2, -0.15) is 0 Å². The molecule has 3 aromatic rings. The van der Waals surface area contributed by atoms with Crippen LogP contribution in [0.3, 0.4) is 0 Å². The standard InChI is InChI=1S/C23H16FNO3S/c24-20-12-5-4-8-17(20)15-28-19-11-6-7-16(13-19)14-21-22(26)25(23(27)29-21)18-9-2-1-3-10-18/h1-14H,15H2/b21-14+. The SMILES string of the molecule is O=C1S/C(=C/c2cccc(OCc3ccccc3F)c2)C(=O)N1c1ccccc1. The van der Waals surface area contributed by atoms with Crippen LogP contribution in [0.4, 0.5) is 14.9 Å². The highest BCUT2D eigenvalue weighted by Gasteiger charge is 2.36. The average molecular weight is 405 g/mol. The summed E-state index contributed by atoms with van der Waals surface area (Å²) in [5.74, 6) is -0.133. The second kappa shape index (κ2) is 8.32. The third kappa shape index (κ3) is 4.22. The van der Waals surface area contributed by atoms with Gasteiger partial charge in [0.2, 0.25) is 0 Å². The molecule has 144 valence electrons. The number of anilines is 1. The molecular formula is C23H16FNO3S. The number of halogens is 1. The number of imide groups is 1. The maximum Gasteiger partial charge on any atom is 0.298 e. The molecule has 2 amide bonds. The van der Waals surface area contributed by atoms with E-state index in [0.717, 1.165) is 22.2 Å². The zero-order valence-corrected chi connectivity index (χ0v) is 16.1. The van der Waals surface area contributed by atoms with E-state index in [1.54, 1.807) is 66.7 Å². The van der Waals surface area contributed by atoms with Crippen molar-refractivity contribution in [3.05, 3.63) is 101 Å². The predicted octanol–water partition coefficient (Wildman–Crippen LogP) is 5.65. The number of amides is 2. The first kappa shape index (κ1) is 19.0. The number of carbonyl (C=O) groups is 2. The molecule has 0 radical (unpaired) electrons. The van der Waals surface area contributed by atoms with Crippen molar-refractivity contribution in [1.82, 2.24) is 0 Å². The highest BCUT2D eigenvalue weighted by molar-refractivity contribution is 8.19. The van der Waals surface area contributed by atoms with Crippen LogP contribution in [0, 0.1) is 5.82 Å². The number of benzene rings is 3. The Bertz CT molecular complexity index is 1100. The highest BCUT2D eigenvalue weighted by Crippen LogP contribution is 2.35. The molecule has 1 saturated heterocycles. The number of ether oxygens (including phenoxy) is 1. The molecule has 0 aliphatic carbocycles. The maximum absolute atomic E-state index is 13.7. The van der Waals surface area contributed by atoms with Crippen molar-refractivity contribution >= 4 is 34.7 Å². The second-order valence-corrected chi connectivity index (χ2v) is 7.30. The molecule has 6 heteroatoms. The van der Waals surface area contributed by atoms with Gasteiger partial charge in [-0.05, 0) is 53.7 Å². The Labute approximate surface area is 171 Å². The number of para-hydroxylation sites is 1. The van der Waals surface area contributed by atoms with E-state index >= 15 is 0 Å². The molecule has 1 aliphatic heterocycles. The quantitative estimate of drug-likeness (QED) is 0.515. The van der Waals surface area contributed by atoms with E-state index in [1.807, 2.05) is 12.1 Å². The maximum atomic E-state index is 13.7. The van der Waals surface area contributed by atoms with Gasteiger partial charge in [0.1, 0.15) is 18.2 Å². The van der Waals surface area contributed by atoms with Gasteiger partial charge in [-0.25, -0.2) is 9.29 Å². The molecule has 29 heavy (non-hydrogen) atoms. The van der Waals surface area contributed by atoms with Crippen molar-refractivity contribution in [1.29, 1.82) is 0 Å². The molecule has 1 fully saturated rings. The molecule has 0 saturated carbocycles. The van der Waals surface area contributed by atoms with Crippen LogP contribution in [-0.2, 0) is 11.4 Å². The van der Waals surface area contributed by atoms with Gasteiger partial charge >= 0.3 is 0 Å². The Morgan fingerprint density at radius 1 is 0.931 bits per heavy atom. The van der Waals surface area contributed by atoms with Crippen molar-refractivity contribution in [2.75, 3.05) is 4.90 Å². The summed E-state index contributed by atoms with van der Waals surface area (Å²) in [4.78, 5) is 26.5. The summed E-state index contributed by atoms with van der Waals surface area (Å²) in [5, 5.41) is -0.334. The molecule has 1 aliphatic rings. The lowest BCUT2D eigenvalue weighted by Crippen LogP contribution is -2.27. The van der Waals surface area contributed by atoms with Crippen LogP contribution in [0.25, 0.3) is 6.08 Å². The summed E-state index contributed by atoms with van der Waals surface area (Å²) in [5.41, 5.74) is 1.72. The predicted molar refractivity (Wildman–Crippen MR) is 112 cm³/mol. The Morgan fingerprint density at radius 3 is 2.48 bits per heavy atom. The monoisotopic (exact) mass is 405 g/mol. The number of hydrogen-bond acceptors (Lipinski definition) is 4. The van der Waals surface area contributed by atoms with Crippen LogP contribution >= 0.6 is 11.8 Å². The highest BCUT2D eigenvalue weighted by atomic mass is 32.2. The van der Waals surface area contributed by atoms with Gasteiger partial charge in [0.25, 0.3) is 11.1 Å². The van der Waals surface area contributed by atoms with Crippen LogP contribution in [-0.4, -0.2) is 11.1 Å². The number of rotatable bonds is 5. The van der Waals surface area contributed by atoms with E-state index in [1.165, 1.54) is 6.07 Å². The average Bonchev–Trinajstić information content (AvgIpc) is 3.01. The first-order valence-electron chi connectivity index (χ1n) is 8.91. The Kier molecular flexibility index (Phi) is 5.44. The minimum atomic E-state index is -0.358. The van der Waals surface area contributed by atoms with Crippen molar-refractivity contribution in [2.45, 2.75) is 6.61 Å². The minimum absolute atomic E-state index is 0.0979. The van der Waals surface area contributed by atoms with Gasteiger partial charge < -0.3 is 4.74 Å². The van der Waals surface area contributed by atoms with E-state index < -0.39 is 0 Å². The summed E-state index contributed by atoms with van der Waals surface area (Å²) in [6.45, 7) is 0.0979. The fraction of sp³-hybridized carbons (Fsp3) is 0.0435. The van der Waals surface area contributed by atoms with Crippen LogP contribution in [0.15, 0.2) is 83.8 Å². The third-order valence-corrected chi connectivity index (χ3v) is 5.19. The van der Waals surface area contributed by atoms with Gasteiger partial charge in [-0.1, -0.05) is 48.5 Å². The minimum Gasteiger partial charge on any atom is -0.489 e. The normalized spacial score (nSPS) is 15.2. The second-order valence-electron chi connectivity index (χ2n) is 6.31. The van der Waals surface area contributed by atoms with Gasteiger partial charge in [-0.15, -0.1) is 0 Å². The first-order valence-corrected chi connectivity index (χ1v) is 9.73. The van der Waals surface area contributed by atoms with E-state index in [2.05, 4.69) is 0 Å². The van der Waals surface area contributed by atoms with Gasteiger partial charge in [0.05, 0.1) is 10.6 Å². The molecule has 0 bridgehead atoms. The fourth-order valence-corrected chi connectivity index (χ4v) is 3.73. The largest absolute Gasteiger partial charge is 0.489 e. The first-order chi connectivity index (χ1) is 14.1. The van der Waals surface area contributed by atoms with Crippen LogP contribution < -0.4 is 9.64 Å². The summed E-state index contributed by atoms with van der Waals surface area (Å²) in [7, 11) is 0. The zero-order chi connectivity index (χ0) is 20.2. The van der Waals surface area contributed by atoms with Gasteiger partial charge in [0.15, 0.2) is 0 Å². The Morgan fingerprint density at radius 2 is 1.69 bits per heavy atom. The fourth-order valence-electron chi connectivity index (χ4n) is 2.89. The van der Waals surface area contributed by atoms with Crippen LogP contribution in [0.2, 0.25) is 0 Å². The number of thioether (sulfide) groups is 1. The van der Waals surface area contributed by atoms with E-state index in [4.69, 9.17) is 4.74 Å². The molecule has 4 rings (SSSR count). The molecule has 3 aromatic carbocycles. The number of carbonyl (C=O) groups excluding carboxylic acids is 2. The third-order valence-electron chi connectivity index (χ3n) is 4.32. The summed E-state index contributed by atoms with van der Waals surface area (Å²) >= 11 is 0.898.